The summed E-state index contributed by atoms with van der Waals surface area (Å²) < 4.78 is 0. The van der Waals surface area contributed by atoms with Gasteiger partial charge in [0.2, 0.25) is 0 Å². The van der Waals surface area contributed by atoms with E-state index in [4.69, 9.17) is 19.9 Å². The maximum atomic E-state index is 4.90. The lowest BCUT2D eigenvalue weighted by atomic mass is 9.80. The van der Waals surface area contributed by atoms with Gasteiger partial charge in [0.1, 0.15) is 0 Å². The number of hydrogen-bond donors (Lipinski definition) is 0. The molecule has 2 heterocycles. The van der Waals surface area contributed by atoms with Gasteiger partial charge in [-0.15, -0.1) is 0 Å². The van der Waals surface area contributed by atoms with E-state index in [0.29, 0.717) is 0 Å². The molecule has 14 rings (SSSR count). The number of benzene rings is 10. The predicted molar refractivity (Wildman–Crippen MR) is 325 cm³/mol. The van der Waals surface area contributed by atoms with E-state index in [0.717, 1.165) is 55.7 Å². The smallest absolute Gasteiger partial charge is 0.159 e. The van der Waals surface area contributed by atoms with E-state index in [1.807, 2.05) is 48.8 Å². The minimum absolute atomic E-state index is 0.179. The molecule has 0 unspecified atom stereocenters. The zero-order chi connectivity index (χ0) is 53.2. The van der Waals surface area contributed by atoms with Gasteiger partial charge in [-0.1, -0.05) is 173 Å². The van der Waals surface area contributed by atoms with Crippen molar-refractivity contribution in [2.75, 3.05) is 0 Å². The average molecular weight is 1000 g/mol. The molecule has 0 saturated carbocycles. The fourth-order valence-corrected chi connectivity index (χ4v) is 13.1. The third-order valence-corrected chi connectivity index (χ3v) is 17.2. The molecular formula is C74H58N4. The van der Waals surface area contributed by atoms with E-state index in [2.05, 4.69) is 213 Å². The SMILES string of the molecule is Cc1cc(-c2ccc3c(c2)C(C)(C)c2cc(-c4cccc(-c5ncc6ccccc6n5)c4)ccc2-3)cc(C)c1-c1c(C)cc(-c2ccc3c(c2)C(C)(C)c2cc(-c4cccc(-c5ncc6ccccc6n5)c4)ccc2-3)cc1C. The summed E-state index contributed by atoms with van der Waals surface area (Å²) in [7, 11) is 0. The monoisotopic (exact) mass is 1000 g/mol. The highest BCUT2D eigenvalue weighted by Gasteiger charge is 2.37. The molecule has 4 nitrogen and oxygen atoms in total. The molecule has 2 aromatic heterocycles. The summed E-state index contributed by atoms with van der Waals surface area (Å²) in [5.74, 6) is 1.48. The number of fused-ring (bicyclic) bond motifs is 8. The summed E-state index contributed by atoms with van der Waals surface area (Å²) in [5, 5.41) is 2.09. The topological polar surface area (TPSA) is 51.6 Å². The van der Waals surface area contributed by atoms with Crippen LogP contribution in [0.4, 0.5) is 0 Å². The third-order valence-electron chi connectivity index (χ3n) is 17.2. The van der Waals surface area contributed by atoms with Crippen LogP contribution in [-0.4, -0.2) is 19.9 Å². The van der Waals surface area contributed by atoms with Crippen molar-refractivity contribution in [3.8, 4) is 101 Å². The summed E-state index contributed by atoms with van der Waals surface area (Å²) in [4.78, 5) is 19.2. The first-order valence-corrected chi connectivity index (χ1v) is 27.2. The van der Waals surface area contributed by atoms with Gasteiger partial charge in [-0.05, 0) is 199 Å². The number of rotatable bonds is 7. The van der Waals surface area contributed by atoms with Crippen molar-refractivity contribution in [2.24, 2.45) is 0 Å². The van der Waals surface area contributed by atoms with E-state index in [-0.39, 0.29) is 10.8 Å². The van der Waals surface area contributed by atoms with Crippen LogP contribution in [-0.2, 0) is 10.8 Å². The molecule has 12 aromatic rings. The molecule has 0 spiro atoms. The zero-order valence-corrected chi connectivity index (χ0v) is 45.4. The van der Waals surface area contributed by atoms with Crippen LogP contribution in [0.15, 0.2) is 207 Å². The Morgan fingerprint density at radius 3 is 0.949 bits per heavy atom. The molecule has 2 aliphatic rings. The first-order chi connectivity index (χ1) is 37.8. The Hall–Kier alpha value is -9.12. The number of aryl methyl sites for hydroxylation is 4. The Morgan fingerprint density at radius 1 is 0.282 bits per heavy atom. The van der Waals surface area contributed by atoms with Crippen LogP contribution in [0, 0.1) is 27.7 Å². The van der Waals surface area contributed by atoms with Gasteiger partial charge in [0.15, 0.2) is 11.6 Å². The third kappa shape index (κ3) is 7.64. The van der Waals surface area contributed by atoms with E-state index in [1.54, 1.807) is 0 Å². The number of aromatic nitrogens is 4. The molecule has 0 saturated heterocycles. The summed E-state index contributed by atoms with van der Waals surface area (Å²) in [5.41, 5.74) is 31.8. The molecule has 0 fully saturated rings. The van der Waals surface area contributed by atoms with Crippen LogP contribution in [0.5, 0.6) is 0 Å². The molecular weight excluding hydrogens is 945 g/mol. The zero-order valence-electron chi connectivity index (χ0n) is 45.4. The van der Waals surface area contributed by atoms with E-state index in [9.17, 15) is 0 Å². The molecule has 0 N–H and O–H groups in total. The molecule has 374 valence electrons. The second-order valence-corrected chi connectivity index (χ2v) is 22.9. The van der Waals surface area contributed by atoms with Crippen molar-refractivity contribution < 1.29 is 0 Å². The number of nitrogens with zero attached hydrogens (tertiary/aromatic N) is 4. The van der Waals surface area contributed by atoms with Crippen LogP contribution in [0.2, 0.25) is 0 Å². The summed E-state index contributed by atoms with van der Waals surface area (Å²) in [6, 6.07) is 71.4. The molecule has 0 amide bonds. The minimum Gasteiger partial charge on any atom is -0.236 e. The summed E-state index contributed by atoms with van der Waals surface area (Å²) in [6.45, 7) is 18.7. The summed E-state index contributed by atoms with van der Waals surface area (Å²) >= 11 is 0. The van der Waals surface area contributed by atoms with Gasteiger partial charge >= 0.3 is 0 Å². The Kier molecular flexibility index (Phi) is 10.8. The average Bonchev–Trinajstić information content (AvgIpc) is 3.99. The second-order valence-electron chi connectivity index (χ2n) is 22.9. The van der Waals surface area contributed by atoms with Crippen molar-refractivity contribution in [3.63, 3.8) is 0 Å². The van der Waals surface area contributed by atoms with Gasteiger partial charge in [0.05, 0.1) is 11.0 Å². The Bertz CT molecular complexity index is 4160. The van der Waals surface area contributed by atoms with E-state index < -0.39 is 0 Å². The highest BCUT2D eigenvalue weighted by atomic mass is 14.9. The maximum Gasteiger partial charge on any atom is 0.159 e. The molecule has 0 radical (unpaired) electrons. The molecule has 0 bridgehead atoms. The lowest BCUT2D eigenvalue weighted by Gasteiger charge is -2.23. The van der Waals surface area contributed by atoms with Gasteiger partial charge in [-0.3, -0.25) is 0 Å². The van der Waals surface area contributed by atoms with Crippen molar-refractivity contribution in [1.29, 1.82) is 0 Å². The van der Waals surface area contributed by atoms with Crippen LogP contribution in [0.25, 0.3) is 122 Å². The van der Waals surface area contributed by atoms with Gasteiger partial charge in [0.25, 0.3) is 0 Å². The van der Waals surface area contributed by atoms with Crippen LogP contribution in [0.1, 0.15) is 72.2 Å². The normalized spacial score (nSPS) is 13.6. The fraction of sp³-hybridized carbons (Fsp3) is 0.135. The van der Waals surface area contributed by atoms with Gasteiger partial charge < -0.3 is 0 Å². The molecule has 10 aromatic carbocycles. The predicted octanol–water partition coefficient (Wildman–Crippen LogP) is 19.1. The van der Waals surface area contributed by atoms with Crippen molar-refractivity contribution in [3.05, 3.63) is 251 Å². The Morgan fingerprint density at radius 2 is 0.590 bits per heavy atom. The standard InChI is InChI=1S/C74H58N4/c1-43-31-57(51-25-29-61-59-27-23-49(37-63(59)73(5,6)65(61)39-51)47-17-13-19-53(35-47)71-75-41-55-15-9-11-21-67(55)77-71)32-44(2)69(43)70-45(3)33-58(34-46(70)4)52-26-30-62-60-28-24-50(38-64(60)74(7,8)66(62)40-52)48-18-14-20-54(36-48)72-76-42-56-16-10-12-22-68(56)78-72/h9-42H,1-8H3. The second kappa shape index (κ2) is 17.7. The van der Waals surface area contributed by atoms with Crippen molar-refractivity contribution >= 4 is 21.8 Å². The maximum absolute atomic E-state index is 4.90. The van der Waals surface area contributed by atoms with Gasteiger partial charge in [0, 0.05) is 45.1 Å². The van der Waals surface area contributed by atoms with Crippen LogP contribution in [0.3, 0.4) is 0 Å². The molecule has 0 atom stereocenters. The fourth-order valence-electron chi connectivity index (χ4n) is 13.1. The molecule has 4 heteroatoms. The first kappa shape index (κ1) is 47.3. The lowest BCUT2D eigenvalue weighted by molar-refractivity contribution is 0.660. The van der Waals surface area contributed by atoms with E-state index >= 15 is 0 Å². The lowest BCUT2D eigenvalue weighted by Crippen LogP contribution is -2.15. The Labute approximate surface area is 457 Å². The number of hydrogen-bond acceptors (Lipinski definition) is 4. The van der Waals surface area contributed by atoms with Crippen molar-refractivity contribution in [2.45, 2.75) is 66.2 Å². The molecule has 0 aliphatic heterocycles. The Balaban J connectivity index is 0.724. The highest BCUT2D eigenvalue weighted by Crippen LogP contribution is 2.53. The van der Waals surface area contributed by atoms with Crippen LogP contribution >= 0.6 is 0 Å². The van der Waals surface area contributed by atoms with Crippen LogP contribution < -0.4 is 0 Å². The summed E-state index contributed by atoms with van der Waals surface area (Å²) in [6.07, 6.45) is 3.84. The first-order valence-electron chi connectivity index (χ1n) is 27.2. The van der Waals surface area contributed by atoms with Crippen molar-refractivity contribution in [1.82, 2.24) is 19.9 Å². The van der Waals surface area contributed by atoms with Gasteiger partial charge in [-0.2, -0.15) is 0 Å². The molecule has 78 heavy (non-hydrogen) atoms. The van der Waals surface area contributed by atoms with E-state index in [1.165, 1.54) is 111 Å². The quantitative estimate of drug-likeness (QED) is 0.160. The largest absolute Gasteiger partial charge is 0.236 e. The minimum atomic E-state index is -0.179. The van der Waals surface area contributed by atoms with Gasteiger partial charge in [-0.25, -0.2) is 19.9 Å². The highest BCUT2D eigenvalue weighted by molar-refractivity contribution is 5.91. The molecule has 2 aliphatic carbocycles. The number of para-hydroxylation sites is 2.